The molecule has 0 aliphatic carbocycles. The fourth-order valence-corrected chi connectivity index (χ4v) is 3.98. The molecule has 32 heavy (non-hydrogen) atoms. The van der Waals surface area contributed by atoms with Crippen LogP contribution in [-0.2, 0) is 13.1 Å². The van der Waals surface area contributed by atoms with Gasteiger partial charge in [0.05, 0.1) is 17.4 Å². The average molecular weight is 422 g/mol. The maximum Gasteiger partial charge on any atom is 0.251 e. The van der Waals surface area contributed by atoms with Crippen LogP contribution in [0.1, 0.15) is 27.3 Å². The Bertz CT molecular complexity index is 1370. The Kier molecular flexibility index (Phi) is 5.25. The Labute approximate surface area is 186 Å². The third-order valence-electron chi connectivity index (χ3n) is 5.57. The summed E-state index contributed by atoms with van der Waals surface area (Å²) in [6.45, 7) is 3.15. The third-order valence-corrected chi connectivity index (χ3v) is 5.57. The van der Waals surface area contributed by atoms with Gasteiger partial charge in [-0.25, -0.2) is 9.97 Å². The van der Waals surface area contributed by atoms with Crippen molar-refractivity contribution in [1.82, 2.24) is 24.4 Å². The van der Waals surface area contributed by atoms with Gasteiger partial charge in [0.1, 0.15) is 5.82 Å². The first kappa shape index (κ1) is 19.8. The van der Waals surface area contributed by atoms with Crippen LogP contribution >= 0.6 is 0 Å². The molecule has 0 bridgehead atoms. The van der Waals surface area contributed by atoms with E-state index in [2.05, 4.69) is 38.1 Å². The Morgan fingerprint density at radius 1 is 0.969 bits per heavy atom. The second-order valence-corrected chi connectivity index (χ2v) is 7.72. The fraction of sp³-hybridized carbons (Fsp3) is 0.115. The lowest BCUT2D eigenvalue weighted by molar-refractivity contribution is 0.0951. The van der Waals surface area contributed by atoms with Crippen molar-refractivity contribution in [2.45, 2.75) is 20.0 Å². The quantitative estimate of drug-likeness (QED) is 0.439. The van der Waals surface area contributed by atoms with Gasteiger partial charge in [-0.1, -0.05) is 42.5 Å². The number of amides is 1. The van der Waals surface area contributed by atoms with Gasteiger partial charge in [0.15, 0.2) is 0 Å². The van der Waals surface area contributed by atoms with Crippen LogP contribution in [0.4, 0.5) is 0 Å². The van der Waals surface area contributed by atoms with Crippen molar-refractivity contribution < 1.29 is 4.79 Å². The molecule has 0 aliphatic heterocycles. The molecule has 3 aromatic carbocycles. The molecule has 0 unspecified atom stereocenters. The van der Waals surface area contributed by atoms with Crippen molar-refractivity contribution >= 4 is 16.9 Å². The minimum atomic E-state index is -0.115. The summed E-state index contributed by atoms with van der Waals surface area (Å²) in [5.41, 5.74) is 5.68. The topological polar surface area (TPSA) is 64.7 Å². The molecule has 1 amide bonds. The zero-order valence-electron chi connectivity index (χ0n) is 17.8. The van der Waals surface area contributed by atoms with E-state index in [-0.39, 0.29) is 5.91 Å². The van der Waals surface area contributed by atoms with Gasteiger partial charge in [-0.3, -0.25) is 9.36 Å². The molecule has 0 radical (unpaired) electrons. The van der Waals surface area contributed by atoms with Gasteiger partial charge in [0.2, 0.25) is 0 Å². The summed E-state index contributed by atoms with van der Waals surface area (Å²) >= 11 is 0. The molecule has 5 rings (SSSR count). The molecular formula is C26H23N5O. The normalized spacial score (nSPS) is 11.0. The molecular weight excluding hydrogens is 398 g/mol. The van der Waals surface area contributed by atoms with E-state index in [0.29, 0.717) is 18.7 Å². The zero-order valence-corrected chi connectivity index (χ0v) is 17.8. The highest BCUT2D eigenvalue weighted by Crippen LogP contribution is 2.22. The van der Waals surface area contributed by atoms with Crippen LogP contribution in [0.3, 0.4) is 0 Å². The monoisotopic (exact) mass is 421 g/mol. The third kappa shape index (κ3) is 3.90. The Morgan fingerprint density at radius 3 is 2.53 bits per heavy atom. The average Bonchev–Trinajstić information content (AvgIpc) is 3.45. The van der Waals surface area contributed by atoms with Crippen LogP contribution < -0.4 is 5.32 Å². The molecule has 0 spiro atoms. The Balaban J connectivity index is 1.35. The lowest BCUT2D eigenvalue weighted by Crippen LogP contribution is -2.23. The van der Waals surface area contributed by atoms with E-state index < -0.39 is 0 Å². The number of aromatic nitrogens is 4. The highest BCUT2D eigenvalue weighted by atomic mass is 16.1. The number of fused-ring (bicyclic) bond motifs is 1. The van der Waals surface area contributed by atoms with Crippen LogP contribution in [-0.4, -0.2) is 25.0 Å². The van der Waals surface area contributed by atoms with Crippen molar-refractivity contribution in [3.05, 3.63) is 114 Å². The molecule has 2 aromatic heterocycles. The van der Waals surface area contributed by atoms with Crippen LogP contribution in [0, 0.1) is 6.92 Å². The number of hydrogen-bond acceptors (Lipinski definition) is 3. The summed E-state index contributed by atoms with van der Waals surface area (Å²) in [6, 6.07) is 23.9. The number of imidazole rings is 2. The molecule has 0 fully saturated rings. The lowest BCUT2D eigenvalue weighted by Gasteiger charge is -2.11. The molecule has 5 aromatic rings. The number of nitrogens with one attached hydrogen (secondary N) is 1. The van der Waals surface area contributed by atoms with E-state index in [1.54, 1.807) is 12.5 Å². The Hall–Kier alpha value is -4.19. The summed E-state index contributed by atoms with van der Waals surface area (Å²) in [4.78, 5) is 21.7. The molecule has 2 heterocycles. The second-order valence-electron chi connectivity index (χ2n) is 7.72. The minimum absolute atomic E-state index is 0.115. The number of para-hydroxylation sites is 1. The highest BCUT2D eigenvalue weighted by molar-refractivity contribution is 5.97. The van der Waals surface area contributed by atoms with Crippen LogP contribution in [0.2, 0.25) is 0 Å². The van der Waals surface area contributed by atoms with Crippen molar-refractivity contribution in [1.29, 1.82) is 0 Å². The minimum Gasteiger partial charge on any atom is -0.348 e. The summed E-state index contributed by atoms with van der Waals surface area (Å²) < 4.78 is 4.11. The molecule has 1 N–H and O–H groups in total. The van der Waals surface area contributed by atoms with Gasteiger partial charge >= 0.3 is 0 Å². The molecule has 0 saturated heterocycles. The van der Waals surface area contributed by atoms with Gasteiger partial charge in [-0.2, -0.15) is 0 Å². The summed E-state index contributed by atoms with van der Waals surface area (Å²) in [5.74, 6) is 0.772. The maximum atomic E-state index is 12.9. The van der Waals surface area contributed by atoms with Crippen LogP contribution in [0.15, 0.2) is 91.5 Å². The van der Waals surface area contributed by atoms with Gasteiger partial charge in [-0.05, 0) is 48.4 Å². The van der Waals surface area contributed by atoms with E-state index in [9.17, 15) is 4.79 Å². The van der Waals surface area contributed by atoms with Gasteiger partial charge in [-0.15, -0.1) is 0 Å². The van der Waals surface area contributed by atoms with Crippen molar-refractivity contribution in [2.75, 3.05) is 0 Å². The predicted molar refractivity (Wildman–Crippen MR) is 125 cm³/mol. The number of carbonyl (C=O) groups excluding carboxylic acids is 1. The highest BCUT2D eigenvalue weighted by Gasteiger charge is 2.13. The summed E-state index contributed by atoms with van der Waals surface area (Å²) in [5, 5.41) is 3.05. The van der Waals surface area contributed by atoms with Crippen LogP contribution in [0.5, 0.6) is 0 Å². The molecule has 0 saturated carbocycles. The van der Waals surface area contributed by atoms with Crippen LogP contribution in [0.25, 0.3) is 16.7 Å². The molecule has 0 aliphatic rings. The largest absolute Gasteiger partial charge is 0.348 e. The summed E-state index contributed by atoms with van der Waals surface area (Å²) in [7, 11) is 0. The number of hydrogen-bond donors (Lipinski definition) is 1. The first-order valence-electron chi connectivity index (χ1n) is 10.5. The molecule has 158 valence electrons. The van der Waals surface area contributed by atoms with E-state index in [1.807, 2.05) is 72.3 Å². The second kappa shape index (κ2) is 8.51. The van der Waals surface area contributed by atoms with E-state index in [4.69, 9.17) is 0 Å². The van der Waals surface area contributed by atoms with Crippen molar-refractivity contribution in [3.63, 3.8) is 0 Å². The fourth-order valence-electron chi connectivity index (χ4n) is 3.98. The summed E-state index contributed by atoms with van der Waals surface area (Å²) in [6.07, 6.45) is 5.49. The standard InChI is InChI=1S/C26H23N5O/c1-19-29-24-15-20(11-12-25(24)31(19)23-9-3-2-4-10-23)26(32)28-16-21-7-5-6-8-22(21)17-30-14-13-27-18-30/h2-15,18H,16-17H2,1H3,(H,28,32). The zero-order chi connectivity index (χ0) is 21.9. The van der Waals surface area contributed by atoms with E-state index >= 15 is 0 Å². The van der Waals surface area contributed by atoms with E-state index in [1.165, 1.54) is 0 Å². The van der Waals surface area contributed by atoms with Gasteiger partial charge in [0.25, 0.3) is 5.91 Å². The number of rotatable bonds is 6. The van der Waals surface area contributed by atoms with E-state index in [0.717, 1.165) is 33.7 Å². The Morgan fingerprint density at radius 2 is 1.75 bits per heavy atom. The molecule has 6 heteroatoms. The molecule has 0 atom stereocenters. The lowest BCUT2D eigenvalue weighted by atomic mass is 10.1. The van der Waals surface area contributed by atoms with Crippen molar-refractivity contribution in [2.24, 2.45) is 0 Å². The first-order valence-corrected chi connectivity index (χ1v) is 10.5. The number of benzene rings is 3. The predicted octanol–water partition coefficient (Wildman–Crippen LogP) is 4.51. The number of nitrogens with zero attached hydrogens (tertiary/aromatic N) is 4. The first-order chi connectivity index (χ1) is 15.7. The molecule has 6 nitrogen and oxygen atoms in total. The number of carbonyl (C=O) groups is 1. The maximum absolute atomic E-state index is 12.9. The number of aryl methyl sites for hydroxylation is 1. The van der Waals surface area contributed by atoms with Gasteiger partial charge in [0, 0.05) is 36.7 Å². The smallest absolute Gasteiger partial charge is 0.251 e. The van der Waals surface area contributed by atoms with Crippen molar-refractivity contribution in [3.8, 4) is 5.69 Å². The SMILES string of the molecule is Cc1nc2cc(C(=O)NCc3ccccc3Cn3ccnc3)ccc2n1-c1ccccc1. The van der Waals surface area contributed by atoms with Gasteiger partial charge < -0.3 is 9.88 Å².